The predicted molar refractivity (Wildman–Crippen MR) is 112 cm³/mol. The Hall–Kier alpha value is -3.05. The van der Waals surface area contributed by atoms with Gasteiger partial charge in [-0.15, -0.1) is 15.3 Å². The zero-order valence-corrected chi connectivity index (χ0v) is 17.3. The molecule has 4 heterocycles. The molecule has 3 aromatic heterocycles. The number of nitrogens with one attached hydrogen (secondary N) is 2. The van der Waals surface area contributed by atoms with Gasteiger partial charge in [-0.25, -0.2) is 8.78 Å². The molecule has 7 nitrogen and oxygen atoms in total. The number of rotatable bonds is 4. The number of aromatic nitrogens is 5. The van der Waals surface area contributed by atoms with Crippen molar-refractivity contribution in [3.05, 3.63) is 42.0 Å². The molecule has 1 aromatic carbocycles. The summed E-state index contributed by atoms with van der Waals surface area (Å²) < 4.78 is 43.9. The lowest BCUT2D eigenvalue weighted by Crippen LogP contribution is -2.41. The number of hydrogen-bond donors (Lipinski definition) is 2. The van der Waals surface area contributed by atoms with E-state index < -0.39 is 17.6 Å². The molecule has 2 N–H and O–H groups in total. The van der Waals surface area contributed by atoms with Crippen LogP contribution in [-0.4, -0.2) is 51.6 Å². The van der Waals surface area contributed by atoms with Crippen molar-refractivity contribution < 1.29 is 13.2 Å². The molecule has 0 atom stereocenters. The number of aromatic amines is 1. The first kappa shape index (κ1) is 19.9. The Kier molecular flexibility index (Phi) is 5.06. The maximum atomic E-state index is 14.8. The highest BCUT2D eigenvalue weighted by atomic mass is 32.1. The molecule has 4 aromatic rings. The van der Waals surface area contributed by atoms with Crippen molar-refractivity contribution in [2.45, 2.75) is 18.9 Å². The Balaban J connectivity index is 1.49. The molecule has 5 rings (SSSR count). The van der Waals surface area contributed by atoms with Crippen molar-refractivity contribution in [1.82, 2.24) is 30.7 Å². The third-order valence-corrected chi connectivity index (χ3v) is 6.60. The summed E-state index contributed by atoms with van der Waals surface area (Å²) in [7, 11) is 2.00. The van der Waals surface area contributed by atoms with E-state index in [9.17, 15) is 13.2 Å². The van der Waals surface area contributed by atoms with Crippen LogP contribution in [0.15, 0.2) is 24.4 Å². The van der Waals surface area contributed by atoms with Crippen LogP contribution in [0, 0.1) is 17.6 Å². The quantitative estimate of drug-likeness (QED) is 0.498. The summed E-state index contributed by atoms with van der Waals surface area (Å²) in [6, 6.07) is 3.97. The summed E-state index contributed by atoms with van der Waals surface area (Å²) in [4.78, 5) is 6.69. The molecule has 160 valence electrons. The van der Waals surface area contributed by atoms with Gasteiger partial charge in [0.05, 0.1) is 16.0 Å². The number of piperidine rings is 1. The molecule has 11 heteroatoms. The third kappa shape index (κ3) is 3.63. The summed E-state index contributed by atoms with van der Waals surface area (Å²) in [5.74, 6) is -2.42. The van der Waals surface area contributed by atoms with Gasteiger partial charge in [-0.2, -0.15) is 9.37 Å². The van der Waals surface area contributed by atoms with E-state index >= 15 is 0 Å². The molecular formula is C20H18F3N7S. The number of anilines is 1. The molecular weight excluding hydrogens is 427 g/mol. The van der Waals surface area contributed by atoms with Crippen LogP contribution in [0.5, 0.6) is 0 Å². The number of halogens is 3. The molecule has 0 bridgehead atoms. The second-order valence-electron chi connectivity index (χ2n) is 7.41. The Morgan fingerprint density at radius 2 is 1.74 bits per heavy atom. The van der Waals surface area contributed by atoms with E-state index in [1.165, 1.54) is 17.5 Å². The van der Waals surface area contributed by atoms with Crippen LogP contribution in [-0.2, 0) is 0 Å². The number of fused-ring (bicyclic) bond motifs is 1. The molecule has 1 fully saturated rings. The monoisotopic (exact) mass is 445 g/mol. The standard InChI is InChI=1S/C20H18F3N7S/c1-30(10-2-4-24-5-3-10)20-26-19-17(31-20)8-16(27-29-19)12-7-14(21)11(6-15(12)22)13-9-25-28-18(13)23/h6-10,24H,2-5H2,1H3,(H,25,28). The molecule has 0 saturated carbocycles. The number of hydrogen-bond acceptors (Lipinski definition) is 7. The third-order valence-electron chi connectivity index (χ3n) is 5.52. The molecule has 0 amide bonds. The average Bonchev–Trinajstić information content (AvgIpc) is 3.40. The molecule has 1 saturated heterocycles. The molecule has 0 unspecified atom stereocenters. The zero-order valence-electron chi connectivity index (χ0n) is 16.5. The first-order valence-corrected chi connectivity index (χ1v) is 10.6. The first-order valence-electron chi connectivity index (χ1n) is 9.78. The van der Waals surface area contributed by atoms with E-state index in [2.05, 4.69) is 35.6 Å². The van der Waals surface area contributed by atoms with E-state index in [0.29, 0.717) is 11.7 Å². The highest BCUT2D eigenvalue weighted by molar-refractivity contribution is 7.22. The van der Waals surface area contributed by atoms with Crippen molar-refractivity contribution in [2.75, 3.05) is 25.0 Å². The number of thiazole rings is 1. The Bertz CT molecular complexity index is 1250. The zero-order chi connectivity index (χ0) is 21.5. The van der Waals surface area contributed by atoms with E-state index in [1.807, 2.05) is 7.05 Å². The molecule has 31 heavy (non-hydrogen) atoms. The lowest BCUT2D eigenvalue weighted by molar-refractivity contribution is 0.443. The highest BCUT2D eigenvalue weighted by Crippen LogP contribution is 2.34. The van der Waals surface area contributed by atoms with Crippen molar-refractivity contribution in [2.24, 2.45) is 0 Å². The van der Waals surface area contributed by atoms with Gasteiger partial charge in [0, 0.05) is 30.4 Å². The van der Waals surface area contributed by atoms with Crippen LogP contribution >= 0.6 is 11.3 Å². The average molecular weight is 445 g/mol. The van der Waals surface area contributed by atoms with Crippen molar-refractivity contribution in [1.29, 1.82) is 0 Å². The van der Waals surface area contributed by atoms with Gasteiger partial charge in [0.1, 0.15) is 11.6 Å². The van der Waals surface area contributed by atoms with Gasteiger partial charge in [0.25, 0.3) is 0 Å². The molecule has 0 aliphatic carbocycles. The normalized spacial score (nSPS) is 15.0. The van der Waals surface area contributed by atoms with E-state index in [0.717, 1.165) is 47.9 Å². The van der Waals surface area contributed by atoms with Crippen LogP contribution in [0.2, 0.25) is 0 Å². The summed E-state index contributed by atoms with van der Waals surface area (Å²) in [5, 5.41) is 17.9. The number of benzene rings is 1. The van der Waals surface area contributed by atoms with Gasteiger partial charge in [0.2, 0.25) is 5.95 Å². The molecule has 1 aliphatic heterocycles. The smallest absolute Gasteiger partial charge is 0.240 e. The fourth-order valence-corrected chi connectivity index (χ4v) is 4.75. The van der Waals surface area contributed by atoms with Crippen LogP contribution in [0.1, 0.15) is 12.8 Å². The predicted octanol–water partition coefficient (Wildman–Crippen LogP) is 3.75. The summed E-state index contributed by atoms with van der Waals surface area (Å²) in [6.45, 7) is 1.93. The highest BCUT2D eigenvalue weighted by Gasteiger charge is 2.22. The fraction of sp³-hybridized carbons (Fsp3) is 0.300. The Morgan fingerprint density at radius 3 is 2.48 bits per heavy atom. The summed E-state index contributed by atoms with van der Waals surface area (Å²) >= 11 is 1.43. The second-order valence-corrected chi connectivity index (χ2v) is 8.42. The second kappa shape index (κ2) is 7.89. The summed E-state index contributed by atoms with van der Waals surface area (Å²) in [5.41, 5.74) is 0.231. The first-order chi connectivity index (χ1) is 15.0. The number of nitrogens with zero attached hydrogens (tertiary/aromatic N) is 5. The van der Waals surface area contributed by atoms with Crippen LogP contribution in [0.3, 0.4) is 0 Å². The van der Waals surface area contributed by atoms with Gasteiger partial charge >= 0.3 is 0 Å². The molecule has 0 radical (unpaired) electrons. The molecule has 1 aliphatic rings. The number of H-pyrrole nitrogens is 1. The van der Waals surface area contributed by atoms with Gasteiger partial charge in [-0.05, 0) is 44.1 Å². The molecule has 0 spiro atoms. The minimum absolute atomic E-state index is 0.0544. The Labute approximate surface area is 179 Å². The van der Waals surface area contributed by atoms with Gasteiger partial charge in [-0.1, -0.05) is 11.3 Å². The minimum Gasteiger partial charge on any atom is -0.348 e. The van der Waals surface area contributed by atoms with Gasteiger partial charge < -0.3 is 10.2 Å². The van der Waals surface area contributed by atoms with E-state index in [-0.39, 0.29) is 22.4 Å². The van der Waals surface area contributed by atoms with E-state index in [1.54, 1.807) is 6.07 Å². The SMILES string of the molecule is CN(c1nc2nnc(-c3cc(F)c(-c4c[nH]nc4F)cc3F)cc2s1)C1CCNCC1. The minimum atomic E-state index is -0.901. The van der Waals surface area contributed by atoms with Crippen molar-refractivity contribution >= 4 is 26.8 Å². The van der Waals surface area contributed by atoms with Crippen LogP contribution in [0.25, 0.3) is 32.7 Å². The fourth-order valence-electron chi connectivity index (χ4n) is 3.78. The topological polar surface area (TPSA) is 82.6 Å². The van der Waals surface area contributed by atoms with Gasteiger partial charge in [-0.3, -0.25) is 5.10 Å². The summed E-state index contributed by atoms with van der Waals surface area (Å²) in [6.07, 6.45) is 3.23. The Morgan fingerprint density at radius 1 is 1.00 bits per heavy atom. The van der Waals surface area contributed by atoms with Crippen molar-refractivity contribution in [3.63, 3.8) is 0 Å². The van der Waals surface area contributed by atoms with Crippen LogP contribution in [0.4, 0.5) is 18.3 Å². The van der Waals surface area contributed by atoms with E-state index in [4.69, 9.17) is 0 Å². The maximum absolute atomic E-state index is 14.8. The lowest BCUT2D eigenvalue weighted by atomic mass is 10.0. The largest absolute Gasteiger partial charge is 0.348 e. The van der Waals surface area contributed by atoms with Gasteiger partial charge in [0.15, 0.2) is 10.8 Å². The lowest BCUT2D eigenvalue weighted by Gasteiger charge is -2.31. The maximum Gasteiger partial charge on any atom is 0.240 e. The van der Waals surface area contributed by atoms with Crippen molar-refractivity contribution in [3.8, 4) is 22.4 Å². The van der Waals surface area contributed by atoms with Crippen LogP contribution < -0.4 is 10.2 Å².